The third-order valence-corrected chi connectivity index (χ3v) is 10.1. The van der Waals surface area contributed by atoms with E-state index in [9.17, 15) is 0 Å². The summed E-state index contributed by atoms with van der Waals surface area (Å²) in [5.41, 5.74) is 15.2. The maximum Gasteiger partial charge on any atom is 0.0540 e. The molecule has 0 spiro atoms. The van der Waals surface area contributed by atoms with Crippen LogP contribution in [-0.4, -0.2) is 0 Å². The second-order valence-corrected chi connectivity index (χ2v) is 13.3. The molecule has 53 heavy (non-hydrogen) atoms. The van der Waals surface area contributed by atoms with Gasteiger partial charge in [-0.15, -0.1) is 0 Å². The summed E-state index contributed by atoms with van der Waals surface area (Å²) in [5.74, 6) is 0. The van der Waals surface area contributed by atoms with Crippen LogP contribution >= 0.6 is 0 Å². The number of hydrogen-bond acceptors (Lipinski definition) is 1. The van der Waals surface area contributed by atoms with E-state index in [1.807, 2.05) is 0 Å². The average molecular weight is 676 g/mol. The molecule has 0 aliphatic carbocycles. The summed E-state index contributed by atoms with van der Waals surface area (Å²) in [5, 5.41) is 2.50. The van der Waals surface area contributed by atoms with Gasteiger partial charge in [0.05, 0.1) is 17.1 Å². The number of benzene rings is 9. The lowest BCUT2D eigenvalue weighted by Crippen LogP contribution is -2.13. The number of rotatable bonds is 8. The fourth-order valence-corrected chi connectivity index (χ4v) is 7.55. The van der Waals surface area contributed by atoms with Crippen molar-refractivity contribution in [3.05, 3.63) is 224 Å². The van der Waals surface area contributed by atoms with Crippen molar-refractivity contribution in [1.29, 1.82) is 0 Å². The molecule has 0 bridgehead atoms. The van der Waals surface area contributed by atoms with E-state index in [-0.39, 0.29) is 0 Å². The Bertz CT molecular complexity index is 2650. The van der Waals surface area contributed by atoms with Crippen LogP contribution < -0.4 is 4.90 Å². The van der Waals surface area contributed by atoms with Crippen LogP contribution in [0.5, 0.6) is 0 Å². The topological polar surface area (TPSA) is 3.24 Å². The molecule has 0 atom stereocenters. The van der Waals surface area contributed by atoms with Crippen LogP contribution in [0.25, 0.3) is 66.4 Å². The minimum Gasteiger partial charge on any atom is -0.309 e. The van der Waals surface area contributed by atoms with Crippen LogP contribution in [0, 0.1) is 0 Å². The van der Waals surface area contributed by atoms with Crippen molar-refractivity contribution in [3.8, 4) is 55.6 Å². The van der Waals surface area contributed by atoms with Crippen molar-refractivity contribution in [2.24, 2.45) is 0 Å². The Labute approximate surface area is 311 Å². The summed E-state index contributed by atoms with van der Waals surface area (Å²) < 4.78 is 0. The minimum absolute atomic E-state index is 1.11. The molecule has 0 heterocycles. The van der Waals surface area contributed by atoms with Crippen LogP contribution in [0.4, 0.5) is 17.1 Å². The van der Waals surface area contributed by atoms with Gasteiger partial charge in [0.1, 0.15) is 0 Å². The second-order valence-electron chi connectivity index (χ2n) is 13.3. The summed E-state index contributed by atoms with van der Waals surface area (Å²) in [6.07, 6.45) is 0. The normalized spacial score (nSPS) is 11.0. The summed E-state index contributed by atoms with van der Waals surface area (Å²) in [6, 6.07) is 80.9. The van der Waals surface area contributed by atoms with Crippen molar-refractivity contribution in [2.75, 3.05) is 4.90 Å². The van der Waals surface area contributed by atoms with Crippen molar-refractivity contribution in [1.82, 2.24) is 0 Å². The van der Waals surface area contributed by atoms with E-state index in [4.69, 9.17) is 0 Å². The smallest absolute Gasteiger partial charge is 0.0540 e. The SMILES string of the molecule is c1ccc(-c2ccc(-c3ccccc3N(c3ccccc3-c3ccccc3)c3ccccc3-c3cccc(-c4cccc5ccccc45)c3)cc2)cc1. The molecule has 9 rings (SSSR count). The number of hydrogen-bond donors (Lipinski definition) is 0. The summed E-state index contributed by atoms with van der Waals surface area (Å²) in [4.78, 5) is 2.46. The number of para-hydroxylation sites is 3. The molecule has 0 aliphatic rings. The lowest BCUT2D eigenvalue weighted by atomic mass is 9.93. The number of nitrogens with zero attached hydrogens (tertiary/aromatic N) is 1. The number of anilines is 3. The summed E-state index contributed by atoms with van der Waals surface area (Å²) >= 11 is 0. The van der Waals surface area contributed by atoms with E-state index in [0.717, 1.165) is 39.3 Å². The van der Waals surface area contributed by atoms with Gasteiger partial charge in [-0.05, 0) is 74.0 Å². The highest BCUT2D eigenvalue weighted by Crippen LogP contribution is 2.48. The fraction of sp³-hybridized carbons (Fsp3) is 0. The Morgan fingerprint density at radius 2 is 0.585 bits per heavy atom. The van der Waals surface area contributed by atoms with Crippen LogP contribution in [0.2, 0.25) is 0 Å². The molecule has 0 aromatic heterocycles. The van der Waals surface area contributed by atoms with Crippen LogP contribution in [-0.2, 0) is 0 Å². The molecule has 1 nitrogen and oxygen atoms in total. The Morgan fingerprint density at radius 1 is 0.226 bits per heavy atom. The minimum atomic E-state index is 1.11. The molecule has 0 saturated carbocycles. The van der Waals surface area contributed by atoms with E-state index in [2.05, 4.69) is 229 Å². The monoisotopic (exact) mass is 675 g/mol. The largest absolute Gasteiger partial charge is 0.309 e. The molecular formula is C52H37N. The Hall–Kier alpha value is -6.96. The summed E-state index contributed by atoms with van der Waals surface area (Å²) in [7, 11) is 0. The molecule has 0 N–H and O–H groups in total. The first-order valence-corrected chi connectivity index (χ1v) is 18.2. The Kier molecular flexibility index (Phi) is 8.66. The standard InChI is InChI=1S/C52H37N/c1-3-17-38(18-4-1)39-33-35-42(36-34-39)48-27-10-13-31-51(48)53(50-30-12-9-26-47(50)41-19-5-2-6-20-41)52-32-14-11-28-49(52)44-24-15-23-43(37-44)46-29-16-22-40-21-7-8-25-45(40)46/h1-37H. The predicted molar refractivity (Wildman–Crippen MR) is 226 cm³/mol. The molecule has 0 radical (unpaired) electrons. The molecule has 1 heteroatoms. The average Bonchev–Trinajstić information content (AvgIpc) is 3.25. The Morgan fingerprint density at radius 3 is 1.21 bits per heavy atom. The van der Waals surface area contributed by atoms with Gasteiger partial charge < -0.3 is 4.90 Å². The summed E-state index contributed by atoms with van der Waals surface area (Å²) in [6.45, 7) is 0. The van der Waals surface area contributed by atoms with Gasteiger partial charge in [0.2, 0.25) is 0 Å². The lowest BCUT2D eigenvalue weighted by molar-refractivity contribution is 1.28. The highest BCUT2D eigenvalue weighted by molar-refractivity contribution is 6.00. The van der Waals surface area contributed by atoms with E-state index in [0.29, 0.717) is 0 Å². The lowest BCUT2D eigenvalue weighted by Gasteiger charge is -2.31. The van der Waals surface area contributed by atoms with E-state index in [1.165, 1.54) is 44.2 Å². The molecular weight excluding hydrogens is 639 g/mol. The van der Waals surface area contributed by atoms with Gasteiger partial charge in [-0.1, -0.05) is 200 Å². The predicted octanol–water partition coefficient (Wildman–Crippen LogP) is 14.6. The van der Waals surface area contributed by atoms with Crippen LogP contribution in [0.3, 0.4) is 0 Å². The van der Waals surface area contributed by atoms with Gasteiger partial charge in [-0.25, -0.2) is 0 Å². The molecule has 9 aromatic carbocycles. The molecule has 250 valence electrons. The first kappa shape index (κ1) is 32.0. The maximum absolute atomic E-state index is 2.46. The van der Waals surface area contributed by atoms with Crippen molar-refractivity contribution < 1.29 is 0 Å². The molecule has 9 aromatic rings. The number of fused-ring (bicyclic) bond motifs is 1. The maximum atomic E-state index is 2.46. The van der Waals surface area contributed by atoms with Gasteiger partial charge in [-0.2, -0.15) is 0 Å². The third-order valence-electron chi connectivity index (χ3n) is 10.1. The van der Waals surface area contributed by atoms with E-state index >= 15 is 0 Å². The van der Waals surface area contributed by atoms with Gasteiger partial charge in [0, 0.05) is 16.7 Å². The zero-order chi connectivity index (χ0) is 35.4. The molecule has 0 amide bonds. The molecule has 0 unspecified atom stereocenters. The second kappa shape index (κ2) is 14.3. The van der Waals surface area contributed by atoms with Gasteiger partial charge in [0.15, 0.2) is 0 Å². The van der Waals surface area contributed by atoms with Crippen LogP contribution in [0.15, 0.2) is 224 Å². The van der Waals surface area contributed by atoms with Crippen molar-refractivity contribution in [3.63, 3.8) is 0 Å². The van der Waals surface area contributed by atoms with E-state index in [1.54, 1.807) is 0 Å². The third kappa shape index (κ3) is 6.30. The van der Waals surface area contributed by atoms with Crippen molar-refractivity contribution in [2.45, 2.75) is 0 Å². The first-order chi connectivity index (χ1) is 26.3. The van der Waals surface area contributed by atoms with Gasteiger partial charge in [0.25, 0.3) is 0 Å². The highest BCUT2D eigenvalue weighted by atomic mass is 15.1. The molecule has 0 aliphatic heterocycles. The van der Waals surface area contributed by atoms with Gasteiger partial charge >= 0.3 is 0 Å². The van der Waals surface area contributed by atoms with Gasteiger partial charge in [-0.3, -0.25) is 0 Å². The zero-order valence-electron chi connectivity index (χ0n) is 29.3. The molecule has 0 saturated heterocycles. The fourth-order valence-electron chi connectivity index (χ4n) is 7.55. The molecule has 0 fully saturated rings. The quantitative estimate of drug-likeness (QED) is 0.155. The zero-order valence-corrected chi connectivity index (χ0v) is 29.3. The Balaban J connectivity index is 1.24. The first-order valence-electron chi connectivity index (χ1n) is 18.2. The van der Waals surface area contributed by atoms with Crippen molar-refractivity contribution >= 4 is 27.8 Å². The highest BCUT2D eigenvalue weighted by Gasteiger charge is 2.23. The van der Waals surface area contributed by atoms with Crippen LogP contribution in [0.1, 0.15) is 0 Å². The van der Waals surface area contributed by atoms with E-state index < -0.39 is 0 Å².